The van der Waals surface area contributed by atoms with Gasteiger partial charge in [-0.05, 0) is 31.1 Å². The molecule has 2 unspecified atom stereocenters. The summed E-state index contributed by atoms with van der Waals surface area (Å²) >= 11 is 5.64. The maximum absolute atomic E-state index is 12.6. The Hall–Kier alpha value is -0.770. The van der Waals surface area contributed by atoms with Gasteiger partial charge in [0, 0.05) is 12.4 Å². The van der Waals surface area contributed by atoms with Crippen LogP contribution in [-0.4, -0.2) is 34.8 Å². The Morgan fingerprint density at radius 1 is 1.33 bits per heavy atom. The summed E-state index contributed by atoms with van der Waals surface area (Å²) in [7, 11) is 0. The summed E-state index contributed by atoms with van der Waals surface area (Å²) in [5.41, 5.74) is -0.665. The van der Waals surface area contributed by atoms with E-state index in [1.54, 1.807) is 0 Å². The van der Waals surface area contributed by atoms with Crippen LogP contribution in [0.2, 0.25) is 0 Å². The van der Waals surface area contributed by atoms with E-state index in [9.17, 15) is 9.59 Å². The molecule has 5 heteroatoms. The Kier molecular flexibility index (Phi) is 3.85. The van der Waals surface area contributed by atoms with Gasteiger partial charge in [0.05, 0.1) is 0 Å². The lowest BCUT2D eigenvalue weighted by molar-refractivity contribution is -0.136. The van der Waals surface area contributed by atoms with Crippen molar-refractivity contribution >= 4 is 23.5 Å². The number of hydrogen-bond donors (Lipinski definition) is 1. The number of carbonyl (C=O) groups is 2. The van der Waals surface area contributed by atoms with Gasteiger partial charge < -0.3 is 5.32 Å². The van der Waals surface area contributed by atoms with Crippen molar-refractivity contribution in [1.29, 1.82) is 0 Å². The number of hydrogen-bond acceptors (Lipinski definition) is 2. The van der Waals surface area contributed by atoms with Crippen molar-refractivity contribution in [3.8, 4) is 0 Å². The molecule has 2 rings (SSSR count). The molecule has 1 spiro atoms. The van der Waals surface area contributed by atoms with Crippen LogP contribution in [0.1, 0.15) is 39.5 Å². The molecule has 3 amide bonds. The van der Waals surface area contributed by atoms with E-state index in [1.807, 2.05) is 0 Å². The summed E-state index contributed by atoms with van der Waals surface area (Å²) in [4.78, 5) is 26.0. The van der Waals surface area contributed by atoms with Crippen molar-refractivity contribution in [2.75, 3.05) is 12.4 Å². The van der Waals surface area contributed by atoms with Crippen LogP contribution in [0.25, 0.3) is 0 Å². The molecule has 0 aromatic heterocycles. The average molecular weight is 273 g/mol. The van der Waals surface area contributed by atoms with Gasteiger partial charge in [-0.3, -0.25) is 9.69 Å². The summed E-state index contributed by atoms with van der Waals surface area (Å²) in [6, 6.07) is -0.245. The highest BCUT2D eigenvalue weighted by Crippen LogP contribution is 2.42. The molecule has 18 heavy (non-hydrogen) atoms. The number of imide groups is 1. The molecule has 2 fully saturated rings. The Morgan fingerprint density at radius 3 is 2.50 bits per heavy atom. The molecule has 1 saturated carbocycles. The smallest absolute Gasteiger partial charge is 0.323 e. The first-order chi connectivity index (χ1) is 8.54. The van der Waals surface area contributed by atoms with Gasteiger partial charge in [-0.25, -0.2) is 4.79 Å². The molecular formula is C13H21ClN2O2. The van der Waals surface area contributed by atoms with Crippen LogP contribution in [0.5, 0.6) is 0 Å². The quantitative estimate of drug-likeness (QED) is 0.633. The lowest BCUT2D eigenvalue weighted by Crippen LogP contribution is -2.58. The second-order valence-electron chi connectivity index (χ2n) is 5.53. The highest BCUT2D eigenvalue weighted by atomic mass is 35.5. The largest absolute Gasteiger partial charge is 0.325 e. The third kappa shape index (κ3) is 1.91. The number of nitrogens with one attached hydrogen (secondary N) is 1. The van der Waals surface area contributed by atoms with Crippen molar-refractivity contribution in [3.63, 3.8) is 0 Å². The zero-order valence-electron chi connectivity index (χ0n) is 11.0. The van der Waals surface area contributed by atoms with E-state index >= 15 is 0 Å². The van der Waals surface area contributed by atoms with E-state index in [0.717, 1.165) is 19.3 Å². The van der Waals surface area contributed by atoms with Crippen molar-refractivity contribution in [1.82, 2.24) is 10.2 Å². The van der Waals surface area contributed by atoms with Crippen molar-refractivity contribution in [3.05, 3.63) is 0 Å². The van der Waals surface area contributed by atoms with Crippen molar-refractivity contribution < 1.29 is 9.59 Å². The van der Waals surface area contributed by atoms with Crippen LogP contribution in [0.3, 0.4) is 0 Å². The highest BCUT2D eigenvalue weighted by molar-refractivity contribution is 6.17. The number of nitrogens with zero attached hydrogens (tertiary/aromatic N) is 1. The monoisotopic (exact) mass is 272 g/mol. The maximum atomic E-state index is 12.6. The number of halogens is 1. The van der Waals surface area contributed by atoms with Gasteiger partial charge in [-0.1, -0.05) is 20.3 Å². The summed E-state index contributed by atoms with van der Waals surface area (Å²) in [6.07, 6.45) is 3.79. The predicted molar refractivity (Wildman–Crippen MR) is 70.5 cm³/mol. The lowest BCUT2D eigenvalue weighted by atomic mass is 9.67. The molecule has 1 aliphatic heterocycles. The second-order valence-corrected chi connectivity index (χ2v) is 5.91. The summed E-state index contributed by atoms with van der Waals surface area (Å²) in [5.74, 6) is 0.838. The zero-order valence-corrected chi connectivity index (χ0v) is 11.8. The van der Waals surface area contributed by atoms with Gasteiger partial charge in [0.15, 0.2) is 0 Å². The maximum Gasteiger partial charge on any atom is 0.325 e. The molecule has 0 aromatic carbocycles. The van der Waals surface area contributed by atoms with E-state index in [1.165, 1.54) is 4.90 Å². The summed E-state index contributed by atoms with van der Waals surface area (Å²) < 4.78 is 0. The zero-order chi connectivity index (χ0) is 13.3. The minimum atomic E-state index is -0.665. The van der Waals surface area contributed by atoms with E-state index < -0.39 is 5.54 Å². The molecule has 2 atom stereocenters. The van der Waals surface area contributed by atoms with Gasteiger partial charge in [0.25, 0.3) is 5.91 Å². The van der Waals surface area contributed by atoms with Crippen molar-refractivity contribution in [2.24, 2.45) is 11.8 Å². The Morgan fingerprint density at radius 2 is 1.94 bits per heavy atom. The molecule has 102 valence electrons. The van der Waals surface area contributed by atoms with Gasteiger partial charge in [-0.15, -0.1) is 11.6 Å². The van der Waals surface area contributed by atoms with E-state index in [-0.39, 0.29) is 23.8 Å². The second kappa shape index (κ2) is 5.08. The molecule has 0 aromatic rings. The molecule has 0 bridgehead atoms. The first kappa shape index (κ1) is 13.7. The SMILES string of the molecule is CC1CCCC(C)C12NC(=O)N(CCCCl)C2=O. The Bertz CT molecular complexity index is 349. The number of rotatable bonds is 3. The van der Waals surface area contributed by atoms with E-state index in [0.29, 0.717) is 18.8 Å². The lowest BCUT2D eigenvalue weighted by Gasteiger charge is -2.42. The third-order valence-corrected chi connectivity index (χ3v) is 4.77. The average Bonchev–Trinajstić information content (AvgIpc) is 2.58. The van der Waals surface area contributed by atoms with Crippen molar-refractivity contribution in [2.45, 2.75) is 45.1 Å². The number of alkyl halides is 1. The summed E-state index contributed by atoms with van der Waals surface area (Å²) in [5, 5.41) is 2.97. The molecule has 4 nitrogen and oxygen atoms in total. The van der Waals surface area contributed by atoms with Crippen LogP contribution in [0.15, 0.2) is 0 Å². The Labute approximate surface area is 113 Å². The molecule has 1 heterocycles. The van der Waals surface area contributed by atoms with Crippen LogP contribution in [0, 0.1) is 11.8 Å². The number of carbonyl (C=O) groups excluding carboxylic acids is 2. The fourth-order valence-corrected chi connectivity index (χ4v) is 3.49. The van der Waals surface area contributed by atoms with Crippen LogP contribution >= 0.6 is 11.6 Å². The summed E-state index contributed by atoms with van der Waals surface area (Å²) in [6.45, 7) is 4.56. The highest BCUT2D eigenvalue weighted by Gasteiger charge is 2.57. The molecule has 2 aliphatic rings. The molecule has 1 saturated heterocycles. The molecular weight excluding hydrogens is 252 g/mol. The number of urea groups is 1. The van der Waals surface area contributed by atoms with Crippen LogP contribution < -0.4 is 5.32 Å². The van der Waals surface area contributed by atoms with Gasteiger partial charge in [0.2, 0.25) is 0 Å². The topological polar surface area (TPSA) is 49.4 Å². The minimum Gasteiger partial charge on any atom is -0.323 e. The first-order valence-corrected chi connectivity index (χ1v) is 7.27. The standard InChI is InChI=1S/C13H21ClN2O2/c1-9-5-3-6-10(2)13(9)11(17)16(8-4-7-14)12(18)15-13/h9-10H,3-8H2,1-2H3,(H,15,18). The fraction of sp³-hybridized carbons (Fsp3) is 0.846. The van der Waals surface area contributed by atoms with Gasteiger partial charge >= 0.3 is 6.03 Å². The first-order valence-electron chi connectivity index (χ1n) is 6.74. The fourth-order valence-electron chi connectivity index (χ4n) is 3.37. The molecule has 1 N–H and O–H groups in total. The van der Waals surface area contributed by atoms with E-state index in [4.69, 9.17) is 11.6 Å². The van der Waals surface area contributed by atoms with Gasteiger partial charge in [-0.2, -0.15) is 0 Å². The number of amides is 3. The minimum absolute atomic E-state index is 0.0442. The van der Waals surface area contributed by atoms with E-state index in [2.05, 4.69) is 19.2 Å². The molecule has 1 aliphatic carbocycles. The predicted octanol–water partition coefficient (Wildman–Crippen LogP) is 2.36. The van der Waals surface area contributed by atoms with Gasteiger partial charge in [0.1, 0.15) is 5.54 Å². The van der Waals surface area contributed by atoms with Crippen LogP contribution in [-0.2, 0) is 4.79 Å². The third-order valence-electron chi connectivity index (χ3n) is 4.50. The van der Waals surface area contributed by atoms with Crippen LogP contribution in [0.4, 0.5) is 4.79 Å². The Balaban J connectivity index is 2.24. The normalized spacial score (nSPS) is 36.3. The molecule has 0 radical (unpaired) electrons.